The zero-order valence-corrected chi connectivity index (χ0v) is 24.3. The highest BCUT2D eigenvalue weighted by atomic mass is 16.7. The summed E-state index contributed by atoms with van der Waals surface area (Å²) in [4.78, 5) is 24.2. The smallest absolute Gasteiger partial charge is 0.275 e. The van der Waals surface area contributed by atoms with E-state index in [1.165, 1.54) is 31.9 Å². The van der Waals surface area contributed by atoms with Crippen molar-refractivity contribution in [3.8, 4) is 0 Å². The van der Waals surface area contributed by atoms with Crippen molar-refractivity contribution in [1.29, 1.82) is 0 Å². The summed E-state index contributed by atoms with van der Waals surface area (Å²) >= 11 is 0. The van der Waals surface area contributed by atoms with Gasteiger partial charge in [-0.3, -0.25) is 14.7 Å². The summed E-state index contributed by atoms with van der Waals surface area (Å²) in [6.07, 6.45) is 8.42. The first-order valence-corrected chi connectivity index (χ1v) is 15.1. The van der Waals surface area contributed by atoms with Gasteiger partial charge in [-0.2, -0.15) is 0 Å². The molecule has 3 unspecified atom stereocenters. The molecule has 6 rings (SSSR count). The van der Waals surface area contributed by atoms with Crippen LogP contribution in [0.3, 0.4) is 0 Å². The molecule has 8 heteroatoms. The van der Waals surface area contributed by atoms with Crippen molar-refractivity contribution in [3.63, 3.8) is 0 Å². The van der Waals surface area contributed by atoms with Crippen molar-refractivity contribution < 1.29 is 19.4 Å². The number of hydrogen-bond acceptors (Lipinski definition) is 7. The molecule has 1 aromatic heterocycles. The Labute approximate surface area is 252 Å². The monoisotopic (exact) mass is 578 g/mol. The third-order valence-corrected chi connectivity index (χ3v) is 8.38. The van der Waals surface area contributed by atoms with Crippen LogP contribution in [0.1, 0.15) is 71.7 Å². The molecule has 0 spiro atoms. The number of fused-ring (bicyclic) bond motifs is 1. The van der Waals surface area contributed by atoms with Gasteiger partial charge in [0.05, 0.1) is 36.0 Å². The van der Waals surface area contributed by atoms with E-state index in [1.807, 2.05) is 78.9 Å². The van der Waals surface area contributed by atoms with Gasteiger partial charge in [-0.15, -0.1) is 6.58 Å². The molecule has 2 fully saturated rings. The molecule has 4 aromatic rings. The molecular weight excluding hydrogens is 540 g/mol. The van der Waals surface area contributed by atoms with Crippen molar-refractivity contribution >= 4 is 22.6 Å². The molecule has 8 nitrogen and oxygen atoms in total. The molecule has 3 aromatic carbocycles. The lowest BCUT2D eigenvalue weighted by Crippen LogP contribution is -2.43. The Morgan fingerprint density at radius 3 is 2.42 bits per heavy atom. The number of aliphatic hydroxyl groups is 1. The topological polar surface area (TPSA) is 96.8 Å². The number of ether oxygens (including phenoxy) is 2. The minimum absolute atomic E-state index is 0.00833. The average molecular weight is 579 g/mol. The summed E-state index contributed by atoms with van der Waals surface area (Å²) in [6.45, 7) is 5.65. The Hall–Kier alpha value is -3.95. The summed E-state index contributed by atoms with van der Waals surface area (Å²) in [5.41, 5.74) is 5.12. The molecule has 43 heavy (non-hydrogen) atoms. The van der Waals surface area contributed by atoms with Crippen molar-refractivity contribution in [2.75, 3.05) is 18.4 Å². The van der Waals surface area contributed by atoms with Crippen molar-refractivity contribution in [3.05, 3.63) is 114 Å². The lowest BCUT2D eigenvalue weighted by molar-refractivity contribution is -0.253. The van der Waals surface area contributed by atoms with Gasteiger partial charge in [-0.1, -0.05) is 67.4 Å². The van der Waals surface area contributed by atoms with E-state index in [-0.39, 0.29) is 30.4 Å². The Morgan fingerprint density at radius 1 is 0.977 bits per heavy atom. The van der Waals surface area contributed by atoms with E-state index < -0.39 is 6.29 Å². The second-order valence-corrected chi connectivity index (χ2v) is 11.4. The van der Waals surface area contributed by atoms with Gasteiger partial charge in [-0.05, 0) is 48.2 Å². The van der Waals surface area contributed by atoms with Crippen LogP contribution in [0.25, 0.3) is 11.0 Å². The van der Waals surface area contributed by atoms with E-state index in [9.17, 15) is 9.90 Å². The maximum absolute atomic E-state index is 12.9. The fraction of sp³-hybridized carbons (Fsp3) is 0.343. The van der Waals surface area contributed by atoms with Gasteiger partial charge in [0.25, 0.3) is 5.91 Å². The molecule has 1 amide bonds. The number of carbonyl (C=O) groups excluding carboxylic acids is 1. The molecule has 3 atom stereocenters. The highest BCUT2D eigenvalue weighted by molar-refractivity contribution is 6.03. The molecule has 1 saturated heterocycles. The molecule has 2 aliphatic rings. The lowest BCUT2D eigenvalue weighted by atomic mass is 9.99. The van der Waals surface area contributed by atoms with Gasteiger partial charge in [0.15, 0.2) is 6.29 Å². The first-order valence-electron chi connectivity index (χ1n) is 15.1. The number of rotatable bonds is 10. The number of aromatic nitrogens is 2. The minimum Gasteiger partial charge on any atom is -0.392 e. The van der Waals surface area contributed by atoms with Gasteiger partial charge >= 0.3 is 0 Å². The van der Waals surface area contributed by atoms with E-state index >= 15 is 0 Å². The Balaban J connectivity index is 1.18. The summed E-state index contributed by atoms with van der Waals surface area (Å²) in [7, 11) is 0. The number of hydrogen-bond donors (Lipinski definition) is 2. The number of anilines is 1. The number of para-hydroxylation sites is 2. The molecule has 2 heterocycles. The van der Waals surface area contributed by atoms with Gasteiger partial charge < -0.3 is 19.9 Å². The normalized spacial score (nSPS) is 20.8. The van der Waals surface area contributed by atoms with Crippen LogP contribution in [0, 0.1) is 0 Å². The number of nitrogens with zero attached hydrogens (tertiary/aromatic N) is 3. The van der Waals surface area contributed by atoms with E-state index in [0.29, 0.717) is 17.2 Å². The minimum atomic E-state index is -0.563. The van der Waals surface area contributed by atoms with E-state index in [2.05, 4.69) is 26.8 Å². The third kappa shape index (κ3) is 7.00. The zero-order chi connectivity index (χ0) is 29.6. The molecule has 1 saturated carbocycles. The predicted octanol–water partition coefficient (Wildman–Crippen LogP) is 6.35. The molecular formula is C35H38N4O4. The Morgan fingerprint density at radius 2 is 1.70 bits per heavy atom. The maximum Gasteiger partial charge on any atom is 0.275 e. The van der Waals surface area contributed by atoms with Crippen LogP contribution in [0.15, 0.2) is 91.6 Å². The van der Waals surface area contributed by atoms with Crippen LogP contribution in [0.5, 0.6) is 0 Å². The van der Waals surface area contributed by atoms with Gasteiger partial charge in [0.1, 0.15) is 5.69 Å². The van der Waals surface area contributed by atoms with Crippen LogP contribution >= 0.6 is 0 Å². The predicted molar refractivity (Wildman–Crippen MR) is 166 cm³/mol. The van der Waals surface area contributed by atoms with Crippen LogP contribution in [0.2, 0.25) is 0 Å². The SMILES string of the molecule is C=CCN(CC1CC(c2ccc(CO)cc2)OC(c2ccc(NC(=O)c3cnc4ccccc4n3)cc2)O1)C1CCCC1. The maximum atomic E-state index is 12.9. The van der Waals surface area contributed by atoms with Gasteiger partial charge in [-0.25, -0.2) is 4.98 Å². The first-order chi connectivity index (χ1) is 21.1. The molecule has 0 radical (unpaired) electrons. The fourth-order valence-electron chi connectivity index (χ4n) is 6.09. The van der Waals surface area contributed by atoms with Crippen LogP contribution in [-0.2, 0) is 16.1 Å². The van der Waals surface area contributed by atoms with Gasteiger partial charge in [0.2, 0.25) is 0 Å². The average Bonchev–Trinajstić information content (AvgIpc) is 3.60. The zero-order valence-electron chi connectivity index (χ0n) is 24.3. The summed E-state index contributed by atoms with van der Waals surface area (Å²) in [6, 6.07) is 23.5. The number of amides is 1. The van der Waals surface area contributed by atoms with Gasteiger partial charge in [0, 0.05) is 36.8 Å². The number of benzene rings is 3. The van der Waals surface area contributed by atoms with E-state index in [4.69, 9.17) is 9.47 Å². The summed E-state index contributed by atoms with van der Waals surface area (Å²) < 4.78 is 13.1. The standard InChI is InChI=1S/C35H38N4O4/c1-2-19-39(28-7-3-4-8-28)22-29-20-33(25-13-11-24(23-40)12-14-25)43-35(42-29)26-15-17-27(18-16-26)37-34(41)32-21-36-30-9-5-6-10-31(30)38-32/h2,5-6,9-18,21,28-29,33,35,40H,1,3-4,7-8,19-20,22-23H2,(H,37,41). The highest BCUT2D eigenvalue weighted by Gasteiger charge is 2.34. The molecule has 222 valence electrons. The quantitative estimate of drug-likeness (QED) is 0.212. The number of carbonyl (C=O) groups is 1. The first kappa shape index (κ1) is 29.1. The molecule has 1 aliphatic heterocycles. The molecule has 2 N–H and O–H groups in total. The van der Waals surface area contributed by atoms with E-state index in [0.717, 1.165) is 41.7 Å². The summed E-state index contributed by atoms with van der Waals surface area (Å²) in [5, 5.41) is 12.4. The Kier molecular flexibility index (Phi) is 9.19. The molecule has 0 bridgehead atoms. The number of nitrogens with one attached hydrogen (secondary N) is 1. The van der Waals surface area contributed by atoms with Crippen LogP contribution in [-0.4, -0.2) is 51.1 Å². The largest absolute Gasteiger partial charge is 0.392 e. The highest BCUT2D eigenvalue weighted by Crippen LogP contribution is 2.39. The van der Waals surface area contributed by atoms with Crippen molar-refractivity contribution in [1.82, 2.24) is 14.9 Å². The third-order valence-electron chi connectivity index (χ3n) is 8.38. The fourth-order valence-corrected chi connectivity index (χ4v) is 6.09. The lowest BCUT2D eigenvalue weighted by Gasteiger charge is -2.39. The second-order valence-electron chi connectivity index (χ2n) is 11.4. The second kappa shape index (κ2) is 13.6. The van der Waals surface area contributed by atoms with Crippen LogP contribution < -0.4 is 5.32 Å². The van der Waals surface area contributed by atoms with Crippen molar-refractivity contribution in [2.45, 2.75) is 63.3 Å². The molecule has 1 aliphatic carbocycles. The number of aliphatic hydroxyl groups excluding tert-OH is 1. The summed E-state index contributed by atoms with van der Waals surface area (Å²) in [5.74, 6) is -0.322. The Bertz CT molecular complexity index is 1540. The van der Waals surface area contributed by atoms with E-state index in [1.54, 1.807) is 0 Å². The van der Waals surface area contributed by atoms with Crippen LogP contribution in [0.4, 0.5) is 5.69 Å². The van der Waals surface area contributed by atoms with Crippen molar-refractivity contribution in [2.24, 2.45) is 0 Å².